The van der Waals surface area contributed by atoms with Crippen molar-refractivity contribution >= 4 is 33.5 Å². The first-order chi connectivity index (χ1) is 8.97. The van der Waals surface area contributed by atoms with Gasteiger partial charge < -0.3 is 10.4 Å². The van der Waals surface area contributed by atoms with Crippen LogP contribution in [0.15, 0.2) is 35.1 Å². The molecule has 1 aromatic carbocycles. The van der Waals surface area contributed by atoms with Gasteiger partial charge in [-0.1, -0.05) is 15.9 Å². The lowest BCUT2D eigenvalue weighted by molar-refractivity contribution is 0.0698. The third-order valence-corrected chi connectivity index (χ3v) is 2.92. The summed E-state index contributed by atoms with van der Waals surface area (Å²) in [6, 6.07) is 4.62. The number of anilines is 1. The maximum atomic E-state index is 11.9. The molecular weight excluding hydrogens is 314 g/mol. The van der Waals surface area contributed by atoms with Crippen molar-refractivity contribution in [2.45, 2.75) is 0 Å². The van der Waals surface area contributed by atoms with Gasteiger partial charge in [0.2, 0.25) is 0 Å². The molecule has 0 aliphatic heterocycles. The largest absolute Gasteiger partial charge is 0.478 e. The van der Waals surface area contributed by atoms with Crippen molar-refractivity contribution in [1.29, 1.82) is 0 Å². The lowest BCUT2D eigenvalue weighted by Crippen LogP contribution is -2.14. The van der Waals surface area contributed by atoms with Crippen molar-refractivity contribution in [2.75, 3.05) is 5.32 Å². The standard InChI is InChI=1S/C12H10BrN3O3/c1-16-6-7(5-14-16)11(17)15-10-3-2-8(13)4-9(10)12(18)19/h2-6H,1H3,(H,15,17)(H,18,19). The Morgan fingerprint density at radius 3 is 2.74 bits per heavy atom. The van der Waals surface area contributed by atoms with Crippen molar-refractivity contribution in [3.8, 4) is 0 Å². The molecule has 2 aromatic rings. The SMILES string of the molecule is Cn1cc(C(=O)Nc2ccc(Br)cc2C(=O)O)cn1. The molecule has 1 amide bonds. The third-order valence-electron chi connectivity index (χ3n) is 2.43. The van der Waals surface area contributed by atoms with E-state index < -0.39 is 11.9 Å². The zero-order valence-corrected chi connectivity index (χ0v) is 11.5. The zero-order valence-electron chi connectivity index (χ0n) is 9.92. The Morgan fingerprint density at radius 2 is 2.16 bits per heavy atom. The summed E-state index contributed by atoms with van der Waals surface area (Å²) in [5.41, 5.74) is 0.623. The van der Waals surface area contributed by atoms with Gasteiger partial charge in [-0.2, -0.15) is 5.10 Å². The molecule has 0 fully saturated rings. The third kappa shape index (κ3) is 3.00. The molecule has 0 atom stereocenters. The highest BCUT2D eigenvalue weighted by Gasteiger charge is 2.14. The number of rotatable bonds is 3. The molecule has 6 nitrogen and oxygen atoms in total. The summed E-state index contributed by atoms with van der Waals surface area (Å²) >= 11 is 3.19. The van der Waals surface area contributed by atoms with Crippen LogP contribution in [0.25, 0.3) is 0 Å². The summed E-state index contributed by atoms with van der Waals surface area (Å²) < 4.78 is 2.12. The fourth-order valence-corrected chi connectivity index (χ4v) is 1.90. The molecule has 2 rings (SSSR count). The summed E-state index contributed by atoms with van der Waals surface area (Å²) in [5.74, 6) is -1.51. The molecule has 0 radical (unpaired) electrons. The van der Waals surface area contributed by atoms with Gasteiger partial charge in [-0.25, -0.2) is 4.79 Å². The van der Waals surface area contributed by atoms with Crippen molar-refractivity contribution < 1.29 is 14.7 Å². The second-order valence-electron chi connectivity index (χ2n) is 3.85. The molecule has 0 bridgehead atoms. The Kier molecular flexibility index (Phi) is 3.66. The number of benzene rings is 1. The molecule has 1 heterocycles. The Labute approximate surface area is 117 Å². The molecule has 98 valence electrons. The van der Waals surface area contributed by atoms with Crippen LogP contribution in [-0.2, 0) is 7.05 Å². The van der Waals surface area contributed by atoms with Gasteiger partial charge in [0.25, 0.3) is 5.91 Å². The highest BCUT2D eigenvalue weighted by Crippen LogP contribution is 2.21. The number of hydrogen-bond acceptors (Lipinski definition) is 3. The van der Waals surface area contributed by atoms with E-state index in [0.29, 0.717) is 10.0 Å². The van der Waals surface area contributed by atoms with Crippen molar-refractivity contribution in [2.24, 2.45) is 7.05 Å². The van der Waals surface area contributed by atoms with Gasteiger partial charge >= 0.3 is 5.97 Å². The molecule has 0 saturated carbocycles. The van der Waals surface area contributed by atoms with E-state index >= 15 is 0 Å². The summed E-state index contributed by atoms with van der Waals surface area (Å²) in [5, 5.41) is 15.5. The predicted molar refractivity (Wildman–Crippen MR) is 72.3 cm³/mol. The van der Waals surface area contributed by atoms with Crippen LogP contribution in [-0.4, -0.2) is 26.8 Å². The van der Waals surface area contributed by atoms with Crippen LogP contribution in [0.2, 0.25) is 0 Å². The predicted octanol–water partition coefficient (Wildman–Crippen LogP) is 2.13. The molecule has 0 saturated heterocycles. The Hall–Kier alpha value is -2.15. The minimum absolute atomic E-state index is 0.0200. The topological polar surface area (TPSA) is 84.2 Å². The molecule has 7 heteroatoms. The Morgan fingerprint density at radius 1 is 1.42 bits per heavy atom. The molecule has 2 N–H and O–H groups in total. The number of carboxylic acids is 1. The van der Waals surface area contributed by atoms with Crippen LogP contribution in [0.3, 0.4) is 0 Å². The summed E-state index contributed by atoms with van der Waals surface area (Å²) in [4.78, 5) is 23.0. The average Bonchev–Trinajstić information content (AvgIpc) is 2.78. The van der Waals surface area contributed by atoms with E-state index in [0.717, 1.165) is 0 Å². The fourth-order valence-electron chi connectivity index (χ4n) is 1.54. The van der Waals surface area contributed by atoms with E-state index in [9.17, 15) is 9.59 Å². The Balaban J connectivity index is 2.28. The van der Waals surface area contributed by atoms with E-state index in [2.05, 4.69) is 26.3 Å². The van der Waals surface area contributed by atoms with Gasteiger partial charge in [0.1, 0.15) is 0 Å². The number of carbonyl (C=O) groups is 2. The van der Waals surface area contributed by atoms with E-state index in [-0.39, 0.29) is 11.3 Å². The lowest BCUT2D eigenvalue weighted by Gasteiger charge is -2.07. The zero-order chi connectivity index (χ0) is 14.0. The molecule has 0 unspecified atom stereocenters. The number of aryl methyl sites for hydroxylation is 1. The number of nitrogens with zero attached hydrogens (tertiary/aromatic N) is 2. The number of amides is 1. The highest BCUT2D eigenvalue weighted by atomic mass is 79.9. The smallest absolute Gasteiger partial charge is 0.337 e. The number of carboxylic acid groups (broad SMARTS) is 1. The second kappa shape index (κ2) is 5.23. The van der Waals surface area contributed by atoms with Crippen molar-refractivity contribution in [3.63, 3.8) is 0 Å². The van der Waals surface area contributed by atoms with Gasteiger partial charge in [0.15, 0.2) is 0 Å². The average molecular weight is 324 g/mol. The maximum Gasteiger partial charge on any atom is 0.337 e. The summed E-state index contributed by atoms with van der Waals surface area (Å²) in [6.07, 6.45) is 2.96. The van der Waals surface area contributed by atoms with Crippen LogP contribution in [0, 0.1) is 0 Å². The number of hydrogen-bond donors (Lipinski definition) is 2. The quantitative estimate of drug-likeness (QED) is 0.906. The van der Waals surface area contributed by atoms with Crippen molar-refractivity contribution in [1.82, 2.24) is 9.78 Å². The summed E-state index contributed by atoms with van der Waals surface area (Å²) in [7, 11) is 1.69. The molecule has 0 aliphatic rings. The number of nitrogens with one attached hydrogen (secondary N) is 1. The number of aromatic carboxylic acids is 1. The molecule has 1 aromatic heterocycles. The van der Waals surface area contributed by atoms with Gasteiger partial charge in [0.05, 0.1) is 23.0 Å². The minimum Gasteiger partial charge on any atom is -0.478 e. The van der Waals surface area contributed by atoms with Gasteiger partial charge in [0, 0.05) is 17.7 Å². The molecular formula is C12H10BrN3O3. The second-order valence-corrected chi connectivity index (χ2v) is 4.77. The van der Waals surface area contributed by atoms with Crippen LogP contribution in [0.1, 0.15) is 20.7 Å². The van der Waals surface area contributed by atoms with E-state index in [1.54, 1.807) is 19.3 Å². The van der Waals surface area contributed by atoms with Crippen LogP contribution >= 0.6 is 15.9 Å². The van der Waals surface area contributed by atoms with Gasteiger partial charge in [-0.3, -0.25) is 9.48 Å². The van der Waals surface area contributed by atoms with E-state index in [4.69, 9.17) is 5.11 Å². The molecule has 19 heavy (non-hydrogen) atoms. The van der Waals surface area contributed by atoms with Crippen LogP contribution < -0.4 is 5.32 Å². The monoisotopic (exact) mass is 323 g/mol. The normalized spacial score (nSPS) is 10.2. The Bertz CT molecular complexity index is 651. The first kappa shape index (κ1) is 13.3. The number of halogens is 1. The van der Waals surface area contributed by atoms with Crippen LogP contribution in [0.5, 0.6) is 0 Å². The first-order valence-electron chi connectivity index (χ1n) is 5.30. The van der Waals surface area contributed by atoms with Crippen LogP contribution in [0.4, 0.5) is 5.69 Å². The first-order valence-corrected chi connectivity index (χ1v) is 6.09. The summed E-state index contributed by atoms with van der Waals surface area (Å²) in [6.45, 7) is 0. The van der Waals surface area contributed by atoms with Crippen molar-refractivity contribution in [3.05, 3.63) is 46.2 Å². The minimum atomic E-state index is -1.11. The van der Waals surface area contributed by atoms with Gasteiger partial charge in [-0.15, -0.1) is 0 Å². The fraction of sp³-hybridized carbons (Fsp3) is 0.0833. The maximum absolute atomic E-state index is 11.9. The van der Waals surface area contributed by atoms with E-state index in [1.807, 2.05) is 0 Å². The molecule has 0 spiro atoms. The van der Waals surface area contributed by atoms with E-state index in [1.165, 1.54) is 23.0 Å². The number of aromatic nitrogens is 2. The number of carbonyl (C=O) groups excluding carboxylic acids is 1. The highest BCUT2D eigenvalue weighted by molar-refractivity contribution is 9.10. The molecule has 0 aliphatic carbocycles. The lowest BCUT2D eigenvalue weighted by atomic mass is 10.1. The van der Waals surface area contributed by atoms with Gasteiger partial charge in [-0.05, 0) is 18.2 Å².